The van der Waals surface area contributed by atoms with E-state index in [-0.39, 0.29) is 0 Å². The van der Waals surface area contributed by atoms with Crippen molar-refractivity contribution in [2.75, 3.05) is 25.6 Å². The van der Waals surface area contributed by atoms with Gasteiger partial charge in [-0.2, -0.15) is 0 Å². The predicted molar refractivity (Wildman–Crippen MR) is 104 cm³/mol. The van der Waals surface area contributed by atoms with Crippen molar-refractivity contribution in [3.8, 4) is 11.5 Å². The largest absolute Gasteiger partial charge is 0.493 e. The van der Waals surface area contributed by atoms with Gasteiger partial charge in [0.25, 0.3) is 5.91 Å². The van der Waals surface area contributed by atoms with Crippen LogP contribution in [0.3, 0.4) is 0 Å². The molecule has 0 heterocycles. The quantitative estimate of drug-likeness (QED) is 0.546. The summed E-state index contributed by atoms with van der Waals surface area (Å²) in [5.74, 6) is 0.116. The van der Waals surface area contributed by atoms with E-state index < -0.39 is 18.5 Å². The van der Waals surface area contributed by atoms with Gasteiger partial charge in [-0.05, 0) is 55.0 Å². The first-order chi connectivity index (χ1) is 13.0. The second-order valence-corrected chi connectivity index (χ2v) is 5.78. The van der Waals surface area contributed by atoms with Crippen molar-refractivity contribution in [1.82, 2.24) is 0 Å². The van der Waals surface area contributed by atoms with Gasteiger partial charge < -0.3 is 19.5 Å². The number of esters is 1. The average Bonchev–Trinajstić information content (AvgIpc) is 2.67. The van der Waals surface area contributed by atoms with Crippen LogP contribution in [0.1, 0.15) is 12.5 Å². The number of ether oxygens (including phenoxy) is 3. The molecule has 1 N–H and O–H groups in total. The van der Waals surface area contributed by atoms with Crippen LogP contribution in [0, 0.1) is 0 Å². The van der Waals surface area contributed by atoms with E-state index in [0.717, 1.165) is 5.56 Å². The minimum absolute atomic E-state index is 0.390. The molecular weight excluding hydrogens is 370 g/mol. The zero-order chi connectivity index (χ0) is 19.6. The Bertz CT molecular complexity index is 818. The maximum absolute atomic E-state index is 11.8. The Kier molecular flexibility index (Phi) is 7.70. The summed E-state index contributed by atoms with van der Waals surface area (Å²) in [5.41, 5.74) is 1.31. The lowest BCUT2D eigenvalue weighted by Crippen LogP contribution is -2.20. The molecule has 0 aliphatic heterocycles. The van der Waals surface area contributed by atoms with Crippen LogP contribution in [0.25, 0.3) is 6.08 Å². The van der Waals surface area contributed by atoms with E-state index in [1.165, 1.54) is 6.08 Å². The van der Waals surface area contributed by atoms with Gasteiger partial charge in [-0.15, -0.1) is 0 Å². The number of hydrogen-bond acceptors (Lipinski definition) is 5. The molecule has 0 aromatic heterocycles. The van der Waals surface area contributed by atoms with Crippen molar-refractivity contribution in [3.05, 3.63) is 59.1 Å². The molecule has 0 radical (unpaired) electrons. The van der Waals surface area contributed by atoms with E-state index in [2.05, 4.69) is 5.32 Å². The monoisotopic (exact) mass is 389 g/mol. The normalized spacial score (nSPS) is 10.5. The van der Waals surface area contributed by atoms with Crippen LogP contribution in [0.2, 0.25) is 5.02 Å². The topological polar surface area (TPSA) is 73.9 Å². The summed E-state index contributed by atoms with van der Waals surface area (Å²) in [6.45, 7) is 1.97. The maximum Gasteiger partial charge on any atom is 0.331 e. The van der Waals surface area contributed by atoms with Gasteiger partial charge in [0, 0.05) is 16.8 Å². The molecule has 0 aliphatic rings. The van der Waals surface area contributed by atoms with Gasteiger partial charge in [0.15, 0.2) is 18.1 Å². The number of nitrogens with one attached hydrogen (secondary N) is 1. The Morgan fingerprint density at radius 1 is 1.11 bits per heavy atom. The Hall–Kier alpha value is -2.99. The summed E-state index contributed by atoms with van der Waals surface area (Å²) in [4.78, 5) is 23.6. The highest BCUT2D eigenvalue weighted by molar-refractivity contribution is 6.30. The molecule has 0 atom stereocenters. The van der Waals surface area contributed by atoms with Crippen molar-refractivity contribution < 1.29 is 23.8 Å². The van der Waals surface area contributed by atoms with Crippen LogP contribution in [0.5, 0.6) is 11.5 Å². The molecule has 0 aliphatic carbocycles. The summed E-state index contributed by atoms with van der Waals surface area (Å²) in [6.07, 6.45) is 2.81. The van der Waals surface area contributed by atoms with Crippen molar-refractivity contribution in [3.63, 3.8) is 0 Å². The van der Waals surface area contributed by atoms with Crippen LogP contribution in [-0.2, 0) is 14.3 Å². The molecule has 2 aromatic rings. The summed E-state index contributed by atoms with van der Waals surface area (Å²) in [5, 5.41) is 3.17. The first kappa shape index (κ1) is 20.3. The molecule has 27 heavy (non-hydrogen) atoms. The van der Waals surface area contributed by atoms with Crippen LogP contribution >= 0.6 is 11.6 Å². The van der Waals surface area contributed by atoms with E-state index in [4.69, 9.17) is 25.8 Å². The number of benzene rings is 2. The summed E-state index contributed by atoms with van der Waals surface area (Å²) >= 11 is 5.78. The standard InChI is InChI=1S/C20H20ClNO5/c1-3-26-18-12-14(4-10-17(18)25-2)5-11-20(24)27-13-19(23)22-16-8-6-15(21)7-9-16/h4-12H,3,13H2,1-2H3,(H,22,23)/b11-5+. The fourth-order valence-electron chi connectivity index (χ4n) is 2.14. The van der Waals surface area contributed by atoms with E-state index in [1.807, 2.05) is 6.92 Å². The number of amides is 1. The number of anilines is 1. The third kappa shape index (κ3) is 6.67. The van der Waals surface area contributed by atoms with Gasteiger partial charge >= 0.3 is 5.97 Å². The Balaban J connectivity index is 1.86. The first-order valence-corrected chi connectivity index (χ1v) is 8.60. The molecule has 0 saturated heterocycles. The lowest BCUT2D eigenvalue weighted by Gasteiger charge is -2.09. The van der Waals surface area contributed by atoms with Crippen LogP contribution in [0.4, 0.5) is 5.69 Å². The van der Waals surface area contributed by atoms with Gasteiger partial charge in [-0.1, -0.05) is 17.7 Å². The first-order valence-electron chi connectivity index (χ1n) is 8.23. The fourth-order valence-corrected chi connectivity index (χ4v) is 2.27. The number of carbonyl (C=O) groups excluding carboxylic acids is 2. The zero-order valence-corrected chi connectivity index (χ0v) is 15.8. The van der Waals surface area contributed by atoms with Crippen molar-refractivity contribution in [2.24, 2.45) is 0 Å². The van der Waals surface area contributed by atoms with Gasteiger partial charge in [-0.3, -0.25) is 4.79 Å². The molecule has 1 amide bonds. The van der Waals surface area contributed by atoms with Crippen LogP contribution in [-0.4, -0.2) is 32.2 Å². The second-order valence-electron chi connectivity index (χ2n) is 5.34. The average molecular weight is 390 g/mol. The molecule has 6 nitrogen and oxygen atoms in total. The van der Waals surface area contributed by atoms with Gasteiger partial charge in [0.2, 0.25) is 0 Å². The van der Waals surface area contributed by atoms with Crippen LogP contribution < -0.4 is 14.8 Å². The number of halogens is 1. The lowest BCUT2D eigenvalue weighted by atomic mass is 10.2. The SMILES string of the molecule is CCOc1cc(/C=C/C(=O)OCC(=O)Nc2ccc(Cl)cc2)ccc1OC. The molecule has 0 spiro atoms. The number of carbonyl (C=O) groups is 2. The third-order valence-corrected chi connectivity index (χ3v) is 3.62. The molecular formula is C20H20ClNO5. The third-order valence-electron chi connectivity index (χ3n) is 3.37. The predicted octanol–water partition coefficient (Wildman–Crippen LogP) is 3.94. The maximum atomic E-state index is 11.8. The molecule has 142 valence electrons. The summed E-state index contributed by atoms with van der Waals surface area (Å²) in [6, 6.07) is 11.9. The highest BCUT2D eigenvalue weighted by Gasteiger charge is 2.07. The molecule has 0 unspecified atom stereocenters. The Labute approximate surface area is 162 Å². The van der Waals surface area contributed by atoms with Crippen LogP contribution in [0.15, 0.2) is 48.5 Å². The van der Waals surface area contributed by atoms with E-state index >= 15 is 0 Å². The van der Waals surface area contributed by atoms with Crippen molar-refractivity contribution in [2.45, 2.75) is 6.92 Å². The highest BCUT2D eigenvalue weighted by Crippen LogP contribution is 2.28. The highest BCUT2D eigenvalue weighted by atomic mass is 35.5. The minimum Gasteiger partial charge on any atom is -0.493 e. The molecule has 0 fully saturated rings. The lowest BCUT2D eigenvalue weighted by molar-refractivity contribution is -0.142. The van der Waals surface area contributed by atoms with E-state index in [1.54, 1.807) is 55.7 Å². The zero-order valence-electron chi connectivity index (χ0n) is 15.0. The number of rotatable bonds is 8. The second kappa shape index (κ2) is 10.2. The van der Waals surface area contributed by atoms with Gasteiger partial charge in [-0.25, -0.2) is 4.79 Å². The molecule has 0 saturated carbocycles. The van der Waals surface area contributed by atoms with Crippen molar-refractivity contribution in [1.29, 1.82) is 0 Å². The smallest absolute Gasteiger partial charge is 0.331 e. The number of hydrogen-bond donors (Lipinski definition) is 1. The molecule has 0 bridgehead atoms. The van der Waals surface area contributed by atoms with Gasteiger partial charge in [0.05, 0.1) is 13.7 Å². The summed E-state index contributed by atoms with van der Waals surface area (Å²) in [7, 11) is 1.56. The fraction of sp³-hybridized carbons (Fsp3) is 0.200. The molecule has 2 rings (SSSR count). The Morgan fingerprint density at radius 2 is 1.85 bits per heavy atom. The molecule has 2 aromatic carbocycles. The number of methoxy groups -OCH3 is 1. The van der Waals surface area contributed by atoms with E-state index in [0.29, 0.717) is 28.8 Å². The van der Waals surface area contributed by atoms with Crippen molar-refractivity contribution >= 4 is 35.2 Å². The molecule has 7 heteroatoms. The Morgan fingerprint density at radius 3 is 2.52 bits per heavy atom. The minimum atomic E-state index is -0.630. The van der Waals surface area contributed by atoms with E-state index in [9.17, 15) is 9.59 Å². The van der Waals surface area contributed by atoms with Gasteiger partial charge in [0.1, 0.15) is 0 Å². The summed E-state index contributed by atoms with van der Waals surface area (Å²) < 4.78 is 15.6.